The molecule has 5 rings (SSSR count). The van der Waals surface area contributed by atoms with Crippen LogP contribution in [-0.2, 0) is 24.2 Å². The molecule has 37 heavy (non-hydrogen) atoms. The maximum Gasteiger partial charge on any atom is 0.234 e. The van der Waals surface area contributed by atoms with Crippen molar-refractivity contribution in [2.75, 3.05) is 28.3 Å². The quantitative estimate of drug-likeness (QED) is 0.269. The molecule has 0 fully saturated rings. The number of nitrogens with zero attached hydrogens (tertiary/aromatic N) is 2. The predicted octanol–water partition coefficient (Wildman–Crippen LogP) is 6.01. The van der Waals surface area contributed by atoms with Crippen molar-refractivity contribution in [2.24, 2.45) is 0 Å². The number of anilines is 2. The third kappa shape index (κ3) is 6.92. The fourth-order valence-electron chi connectivity index (χ4n) is 4.65. The topological polar surface area (TPSA) is 54.5 Å². The smallest absolute Gasteiger partial charge is 0.234 e. The Morgan fingerprint density at radius 3 is 2.49 bits per heavy atom. The van der Waals surface area contributed by atoms with E-state index in [0.717, 1.165) is 42.1 Å². The predicted molar refractivity (Wildman–Crippen MR) is 152 cm³/mol. The second-order valence-electron chi connectivity index (χ2n) is 9.15. The van der Waals surface area contributed by atoms with Crippen LogP contribution in [0.3, 0.4) is 0 Å². The zero-order chi connectivity index (χ0) is 25.3. The van der Waals surface area contributed by atoms with Gasteiger partial charge in [0.15, 0.2) is 0 Å². The van der Waals surface area contributed by atoms with Gasteiger partial charge in [-0.3, -0.25) is 9.78 Å². The molecule has 1 N–H and O–H groups in total. The van der Waals surface area contributed by atoms with Crippen molar-refractivity contribution < 1.29 is 9.53 Å². The lowest BCUT2D eigenvalue weighted by molar-refractivity contribution is -0.113. The molecule has 1 atom stereocenters. The number of carbonyl (C=O) groups is 1. The number of para-hydroxylation sites is 1. The van der Waals surface area contributed by atoms with Gasteiger partial charge in [0.25, 0.3) is 0 Å². The average Bonchev–Trinajstić information content (AvgIpc) is 3.29. The van der Waals surface area contributed by atoms with E-state index in [-0.39, 0.29) is 5.91 Å². The first-order valence-corrected chi connectivity index (χ1v) is 13.8. The molecule has 0 saturated heterocycles. The number of hydrogen-bond donors (Lipinski definition) is 1. The summed E-state index contributed by atoms with van der Waals surface area (Å²) in [5.74, 6) is 2.25. The number of nitrogens with one attached hydrogen (secondary N) is 1. The van der Waals surface area contributed by atoms with Gasteiger partial charge in [-0.15, -0.1) is 11.8 Å². The van der Waals surface area contributed by atoms with E-state index in [2.05, 4.69) is 57.7 Å². The first-order chi connectivity index (χ1) is 18.2. The second kappa shape index (κ2) is 12.5. The number of amides is 1. The number of rotatable bonds is 11. The monoisotopic (exact) mass is 509 g/mol. The minimum atomic E-state index is 0.0339. The van der Waals surface area contributed by atoms with Crippen LogP contribution in [-0.4, -0.2) is 35.0 Å². The van der Waals surface area contributed by atoms with Gasteiger partial charge in [-0.2, -0.15) is 0 Å². The molecular formula is C31H31N3O2S. The van der Waals surface area contributed by atoms with E-state index in [1.54, 1.807) is 11.8 Å². The Bertz CT molecular complexity index is 1290. The number of fused-ring (bicyclic) bond motifs is 1. The van der Waals surface area contributed by atoms with Crippen molar-refractivity contribution >= 4 is 29.0 Å². The summed E-state index contributed by atoms with van der Waals surface area (Å²) >= 11 is 1.69. The molecule has 1 aromatic heterocycles. The minimum Gasteiger partial charge on any atom is -0.489 e. The normalized spacial score (nSPS) is 14.3. The third-order valence-corrected chi connectivity index (χ3v) is 7.58. The summed E-state index contributed by atoms with van der Waals surface area (Å²) in [6.45, 7) is 1.48. The van der Waals surface area contributed by atoms with Crippen LogP contribution >= 0.6 is 11.8 Å². The molecule has 0 bridgehead atoms. The third-order valence-electron chi connectivity index (χ3n) is 6.50. The highest BCUT2D eigenvalue weighted by Crippen LogP contribution is 2.36. The number of pyridine rings is 1. The second-order valence-corrected chi connectivity index (χ2v) is 10.2. The van der Waals surface area contributed by atoms with Crippen LogP contribution in [0.1, 0.15) is 16.7 Å². The lowest BCUT2D eigenvalue weighted by atomic mass is 10.1. The maximum atomic E-state index is 12.5. The van der Waals surface area contributed by atoms with E-state index < -0.39 is 0 Å². The standard InChI is InChI=1S/C31H31N3O2S/c35-31(33-27-9-5-2-6-10-27)23-37-22-28-19-26-20-29(36-21-25-7-3-1-4-8-25)11-12-30(26)34(28)18-15-24-13-16-32-17-14-24/h1-14,16-17,20,28H,15,18-19,21-23H2,(H,33,35). The summed E-state index contributed by atoms with van der Waals surface area (Å²) in [5.41, 5.74) is 5.84. The van der Waals surface area contributed by atoms with Crippen LogP contribution in [0.5, 0.6) is 5.75 Å². The summed E-state index contributed by atoms with van der Waals surface area (Å²) in [5, 5.41) is 2.98. The molecule has 3 aromatic carbocycles. The fraction of sp³-hybridized carbons (Fsp3) is 0.226. The van der Waals surface area contributed by atoms with Gasteiger partial charge in [-0.1, -0.05) is 48.5 Å². The largest absolute Gasteiger partial charge is 0.489 e. The molecule has 5 nitrogen and oxygen atoms in total. The van der Waals surface area contributed by atoms with Crippen molar-refractivity contribution in [2.45, 2.75) is 25.5 Å². The van der Waals surface area contributed by atoms with E-state index in [0.29, 0.717) is 18.4 Å². The minimum absolute atomic E-state index is 0.0339. The van der Waals surface area contributed by atoms with Crippen molar-refractivity contribution in [3.05, 3.63) is 120 Å². The summed E-state index contributed by atoms with van der Waals surface area (Å²) < 4.78 is 6.10. The van der Waals surface area contributed by atoms with Gasteiger partial charge in [0.05, 0.1) is 5.75 Å². The highest BCUT2D eigenvalue weighted by atomic mass is 32.2. The van der Waals surface area contributed by atoms with E-state index in [1.807, 2.05) is 60.9 Å². The lowest BCUT2D eigenvalue weighted by Gasteiger charge is -2.27. The SMILES string of the molecule is O=C(CSCC1Cc2cc(OCc3ccccc3)ccc2N1CCc1ccncc1)Nc1ccccc1. The van der Waals surface area contributed by atoms with Crippen molar-refractivity contribution in [3.8, 4) is 5.75 Å². The number of hydrogen-bond acceptors (Lipinski definition) is 5. The van der Waals surface area contributed by atoms with Crippen LogP contribution in [0.4, 0.5) is 11.4 Å². The first-order valence-electron chi connectivity index (χ1n) is 12.6. The molecule has 6 heteroatoms. The Morgan fingerprint density at radius 1 is 0.946 bits per heavy atom. The van der Waals surface area contributed by atoms with Gasteiger partial charge in [0.1, 0.15) is 12.4 Å². The Balaban J connectivity index is 1.23. The Hall–Kier alpha value is -3.77. The van der Waals surface area contributed by atoms with Crippen molar-refractivity contribution in [1.82, 2.24) is 4.98 Å². The van der Waals surface area contributed by atoms with Crippen molar-refractivity contribution in [3.63, 3.8) is 0 Å². The number of carbonyl (C=O) groups excluding carboxylic acids is 1. The molecule has 0 spiro atoms. The van der Waals surface area contributed by atoms with E-state index in [4.69, 9.17) is 4.74 Å². The van der Waals surface area contributed by atoms with E-state index in [1.165, 1.54) is 16.8 Å². The molecule has 1 aliphatic rings. The molecule has 188 valence electrons. The van der Waals surface area contributed by atoms with Crippen LogP contribution in [0.2, 0.25) is 0 Å². The van der Waals surface area contributed by atoms with Gasteiger partial charge in [-0.25, -0.2) is 0 Å². The number of ether oxygens (including phenoxy) is 1. The Labute approximate surface area is 222 Å². The van der Waals surface area contributed by atoms with Gasteiger partial charge < -0.3 is 15.0 Å². The summed E-state index contributed by atoms with van der Waals surface area (Å²) in [7, 11) is 0. The van der Waals surface area contributed by atoms with Crippen LogP contribution in [0.25, 0.3) is 0 Å². The molecule has 1 aliphatic heterocycles. The molecule has 1 amide bonds. The number of benzene rings is 3. The Kier molecular flexibility index (Phi) is 8.39. The van der Waals surface area contributed by atoms with Gasteiger partial charge in [0, 0.05) is 42.1 Å². The van der Waals surface area contributed by atoms with Gasteiger partial charge >= 0.3 is 0 Å². The summed E-state index contributed by atoms with van der Waals surface area (Å²) in [6, 6.07) is 30.8. The highest BCUT2D eigenvalue weighted by molar-refractivity contribution is 8.00. The number of thioether (sulfide) groups is 1. The van der Waals surface area contributed by atoms with Gasteiger partial charge in [-0.05, 0) is 72.0 Å². The molecule has 0 aliphatic carbocycles. The maximum absolute atomic E-state index is 12.5. The van der Waals surface area contributed by atoms with E-state index in [9.17, 15) is 4.79 Å². The molecule has 2 heterocycles. The summed E-state index contributed by atoms with van der Waals surface area (Å²) in [4.78, 5) is 19.1. The molecule has 0 saturated carbocycles. The molecule has 1 unspecified atom stereocenters. The van der Waals surface area contributed by atoms with Crippen LogP contribution in [0.15, 0.2) is 103 Å². The fourth-order valence-corrected chi connectivity index (χ4v) is 5.60. The Morgan fingerprint density at radius 2 is 1.70 bits per heavy atom. The molecule has 0 radical (unpaired) electrons. The van der Waals surface area contributed by atoms with Gasteiger partial charge in [0.2, 0.25) is 5.91 Å². The molecular weight excluding hydrogens is 478 g/mol. The zero-order valence-corrected chi connectivity index (χ0v) is 21.6. The van der Waals surface area contributed by atoms with E-state index >= 15 is 0 Å². The van der Waals surface area contributed by atoms with Crippen molar-refractivity contribution in [1.29, 1.82) is 0 Å². The summed E-state index contributed by atoms with van der Waals surface area (Å²) in [6.07, 6.45) is 5.59. The highest BCUT2D eigenvalue weighted by Gasteiger charge is 2.29. The first kappa shape index (κ1) is 24.9. The number of aromatic nitrogens is 1. The molecule has 4 aromatic rings. The zero-order valence-electron chi connectivity index (χ0n) is 20.8. The van der Waals surface area contributed by atoms with Crippen LogP contribution < -0.4 is 15.0 Å². The van der Waals surface area contributed by atoms with Crippen LogP contribution in [0, 0.1) is 0 Å². The lowest BCUT2D eigenvalue weighted by Crippen LogP contribution is -2.36. The average molecular weight is 510 g/mol.